The van der Waals surface area contributed by atoms with Gasteiger partial charge < -0.3 is 9.47 Å². The second kappa shape index (κ2) is 7.78. The van der Waals surface area contributed by atoms with E-state index in [9.17, 15) is 13.2 Å². The first-order valence-corrected chi connectivity index (χ1v) is 10.7. The molecule has 1 aromatic heterocycles. The molecule has 2 aromatic carbocycles. The third kappa shape index (κ3) is 4.01. The number of rotatable bonds is 5. The van der Waals surface area contributed by atoms with Gasteiger partial charge in [0.25, 0.3) is 5.91 Å². The van der Waals surface area contributed by atoms with E-state index in [4.69, 9.17) is 11.6 Å². The molecule has 0 saturated heterocycles. The molecule has 0 spiro atoms. The average Bonchev–Trinajstić information content (AvgIpc) is 2.95. The second-order valence-corrected chi connectivity index (χ2v) is 9.61. The molecule has 7 nitrogen and oxygen atoms in total. The molecule has 1 heterocycles. The maximum atomic E-state index is 13.0. The Morgan fingerprint density at radius 3 is 2.45 bits per heavy atom. The highest BCUT2D eigenvalue weighted by molar-refractivity contribution is 7.89. The van der Waals surface area contributed by atoms with Gasteiger partial charge in [0.1, 0.15) is 5.82 Å². The molecule has 0 N–H and O–H groups in total. The van der Waals surface area contributed by atoms with Gasteiger partial charge in [-0.2, -0.15) is 4.31 Å². The number of hydrogen-bond donors (Lipinski definition) is 0. The molecular formula is C20H23ClN4O3S. The van der Waals surface area contributed by atoms with Gasteiger partial charge in [0.2, 0.25) is 10.0 Å². The quantitative estimate of drug-likeness (QED) is 0.618. The Morgan fingerprint density at radius 1 is 1.14 bits per heavy atom. The summed E-state index contributed by atoms with van der Waals surface area (Å²) < 4.78 is 29.1. The summed E-state index contributed by atoms with van der Waals surface area (Å²) in [5.41, 5.74) is 2.58. The fraction of sp³-hybridized carbons (Fsp3) is 0.300. The Bertz CT molecular complexity index is 1200. The van der Waals surface area contributed by atoms with Crippen molar-refractivity contribution in [1.82, 2.24) is 18.8 Å². The predicted octanol–water partition coefficient (Wildman–Crippen LogP) is 3.06. The van der Waals surface area contributed by atoms with E-state index in [1.165, 1.54) is 22.3 Å². The summed E-state index contributed by atoms with van der Waals surface area (Å²) in [6.07, 6.45) is 0. The lowest BCUT2D eigenvalue weighted by molar-refractivity contribution is 0.0827. The van der Waals surface area contributed by atoms with Gasteiger partial charge in [-0.1, -0.05) is 11.6 Å². The number of nitrogens with zero attached hydrogens (tertiary/aromatic N) is 4. The van der Waals surface area contributed by atoms with Crippen LogP contribution in [0.1, 0.15) is 21.7 Å². The van der Waals surface area contributed by atoms with Gasteiger partial charge >= 0.3 is 0 Å². The number of sulfonamides is 1. The lowest BCUT2D eigenvalue weighted by Gasteiger charge is -2.18. The van der Waals surface area contributed by atoms with Crippen LogP contribution < -0.4 is 0 Å². The summed E-state index contributed by atoms with van der Waals surface area (Å²) in [4.78, 5) is 18.5. The van der Waals surface area contributed by atoms with Gasteiger partial charge in [-0.25, -0.2) is 13.4 Å². The zero-order valence-corrected chi connectivity index (χ0v) is 18.5. The molecule has 1 amide bonds. The Morgan fingerprint density at radius 2 is 1.83 bits per heavy atom. The van der Waals surface area contributed by atoms with Crippen LogP contribution in [0.2, 0.25) is 5.02 Å². The monoisotopic (exact) mass is 434 g/mol. The van der Waals surface area contributed by atoms with Gasteiger partial charge in [-0.05, 0) is 48.9 Å². The van der Waals surface area contributed by atoms with E-state index in [0.29, 0.717) is 27.5 Å². The van der Waals surface area contributed by atoms with Crippen molar-refractivity contribution in [2.24, 2.45) is 7.05 Å². The minimum absolute atomic E-state index is 0.0898. The number of halogens is 1. The smallest absolute Gasteiger partial charge is 0.253 e. The first kappa shape index (κ1) is 21.3. The fourth-order valence-electron chi connectivity index (χ4n) is 3.14. The Balaban J connectivity index is 1.94. The van der Waals surface area contributed by atoms with E-state index >= 15 is 0 Å². The van der Waals surface area contributed by atoms with Crippen molar-refractivity contribution in [1.29, 1.82) is 0 Å². The van der Waals surface area contributed by atoms with E-state index in [0.717, 1.165) is 5.52 Å². The summed E-state index contributed by atoms with van der Waals surface area (Å²) in [7, 11) is 3.01. The standard InChI is InChI=1S/C20H23ClN4O3S/c1-13-10-15(21)7-9-18(13)29(27,28)24(4)12-19-22-16-11-14(20(26)23(2)3)6-8-17(16)25(19)5/h6-11H,12H2,1-5H3. The SMILES string of the molecule is Cc1cc(Cl)ccc1S(=O)(=O)N(C)Cc1nc2cc(C(=O)N(C)C)ccc2n1C. The molecule has 0 aliphatic heterocycles. The number of hydrogen-bond acceptors (Lipinski definition) is 4. The van der Waals surface area contributed by atoms with E-state index in [1.807, 2.05) is 17.7 Å². The Kier molecular flexibility index (Phi) is 5.71. The summed E-state index contributed by atoms with van der Waals surface area (Å²) in [6, 6.07) is 9.99. The summed E-state index contributed by atoms with van der Waals surface area (Å²) >= 11 is 5.95. The van der Waals surface area contributed by atoms with E-state index in [1.54, 1.807) is 45.3 Å². The van der Waals surface area contributed by atoms with Crippen LogP contribution >= 0.6 is 11.6 Å². The fourth-order valence-corrected chi connectivity index (χ4v) is 4.69. The van der Waals surface area contributed by atoms with Gasteiger partial charge in [-0.15, -0.1) is 0 Å². The van der Waals surface area contributed by atoms with Crippen molar-refractivity contribution >= 4 is 38.6 Å². The topological polar surface area (TPSA) is 75.5 Å². The first-order valence-electron chi connectivity index (χ1n) is 8.92. The van der Waals surface area contributed by atoms with Crippen molar-refractivity contribution in [3.05, 3.63) is 58.4 Å². The zero-order valence-electron chi connectivity index (χ0n) is 17.0. The van der Waals surface area contributed by atoms with Crippen molar-refractivity contribution in [2.75, 3.05) is 21.1 Å². The minimum atomic E-state index is -3.71. The van der Waals surface area contributed by atoms with Crippen molar-refractivity contribution in [3.8, 4) is 0 Å². The first-order chi connectivity index (χ1) is 13.5. The zero-order chi connectivity index (χ0) is 21.5. The number of aryl methyl sites for hydroxylation is 2. The predicted molar refractivity (Wildman–Crippen MR) is 114 cm³/mol. The van der Waals surface area contributed by atoms with Crippen LogP contribution in [0, 0.1) is 6.92 Å². The molecular weight excluding hydrogens is 412 g/mol. The number of carbonyl (C=O) groups is 1. The third-order valence-electron chi connectivity index (χ3n) is 4.82. The molecule has 154 valence electrons. The van der Waals surface area contributed by atoms with Crippen LogP contribution in [-0.2, 0) is 23.6 Å². The molecule has 0 atom stereocenters. The Hall–Kier alpha value is -2.42. The normalized spacial score (nSPS) is 12.0. The molecule has 3 aromatic rings. The lowest BCUT2D eigenvalue weighted by Crippen LogP contribution is -2.28. The van der Waals surface area contributed by atoms with Gasteiger partial charge in [0.15, 0.2) is 0 Å². The number of carbonyl (C=O) groups excluding carboxylic acids is 1. The van der Waals surface area contributed by atoms with Crippen LogP contribution in [0.3, 0.4) is 0 Å². The molecule has 29 heavy (non-hydrogen) atoms. The van der Waals surface area contributed by atoms with E-state index in [2.05, 4.69) is 4.98 Å². The number of amides is 1. The molecule has 0 bridgehead atoms. The second-order valence-electron chi connectivity index (χ2n) is 7.16. The van der Waals surface area contributed by atoms with E-state index < -0.39 is 10.0 Å². The van der Waals surface area contributed by atoms with Crippen LogP contribution in [0.15, 0.2) is 41.3 Å². The van der Waals surface area contributed by atoms with Gasteiger partial charge in [0, 0.05) is 38.8 Å². The van der Waals surface area contributed by atoms with Gasteiger partial charge in [0.05, 0.1) is 22.5 Å². The molecule has 3 rings (SSSR count). The number of aromatic nitrogens is 2. The maximum absolute atomic E-state index is 13.0. The summed E-state index contributed by atoms with van der Waals surface area (Å²) in [5, 5.41) is 0.488. The molecule has 0 aliphatic rings. The number of imidazole rings is 1. The van der Waals surface area contributed by atoms with Crippen LogP contribution in [0.5, 0.6) is 0 Å². The highest BCUT2D eigenvalue weighted by Crippen LogP contribution is 2.24. The largest absolute Gasteiger partial charge is 0.345 e. The molecule has 0 radical (unpaired) electrons. The van der Waals surface area contributed by atoms with Crippen LogP contribution in [0.4, 0.5) is 0 Å². The number of benzene rings is 2. The molecule has 0 aliphatic carbocycles. The molecule has 9 heteroatoms. The van der Waals surface area contributed by atoms with E-state index in [-0.39, 0.29) is 17.3 Å². The maximum Gasteiger partial charge on any atom is 0.253 e. The van der Waals surface area contributed by atoms with Crippen molar-refractivity contribution in [2.45, 2.75) is 18.4 Å². The third-order valence-corrected chi connectivity index (χ3v) is 7.01. The van der Waals surface area contributed by atoms with Crippen LogP contribution in [-0.4, -0.2) is 54.2 Å². The Labute approximate surface area is 175 Å². The number of fused-ring (bicyclic) bond motifs is 1. The van der Waals surface area contributed by atoms with Crippen molar-refractivity contribution in [3.63, 3.8) is 0 Å². The molecule has 0 fully saturated rings. The molecule has 0 unspecified atom stereocenters. The average molecular weight is 435 g/mol. The van der Waals surface area contributed by atoms with Gasteiger partial charge in [-0.3, -0.25) is 4.79 Å². The highest BCUT2D eigenvalue weighted by Gasteiger charge is 2.25. The van der Waals surface area contributed by atoms with Crippen molar-refractivity contribution < 1.29 is 13.2 Å². The lowest BCUT2D eigenvalue weighted by atomic mass is 10.2. The van der Waals surface area contributed by atoms with Crippen LogP contribution in [0.25, 0.3) is 11.0 Å². The minimum Gasteiger partial charge on any atom is -0.345 e. The summed E-state index contributed by atoms with van der Waals surface area (Å²) in [6.45, 7) is 1.80. The highest BCUT2D eigenvalue weighted by atomic mass is 35.5. The summed E-state index contributed by atoms with van der Waals surface area (Å²) in [5.74, 6) is 0.462. The molecule has 0 saturated carbocycles.